The average Bonchev–Trinajstić information content (AvgIpc) is 2.77. The summed E-state index contributed by atoms with van der Waals surface area (Å²) in [5.41, 5.74) is 6.10. The first-order chi connectivity index (χ1) is 6.57. The van der Waals surface area contributed by atoms with Gasteiger partial charge in [-0.1, -0.05) is 6.92 Å². The van der Waals surface area contributed by atoms with Gasteiger partial charge in [-0.05, 0) is 12.8 Å². The van der Waals surface area contributed by atoms with E-state index in [0.29, 0.717) is 10.8 Å². The molecule has 0 amide bonds. The lowest BCUT2D eigenvalue weighted by molar-refractivity contribution is 0.0593. The van der Waals surface area contributed by atoms with Gasteiger partial charge >= 0.3 is 5.97 Å². The van der Waals surface area contributed by atoms with Crippen molar-refractivity contribution in [1.29, 1.82) is 0 Å². The van der Waals surface area contributed by atoms with E-state index in [1.165, 1.54) is 18.4 Å². The summed E-state index contributed by atoms with van der Waals surface area (Å²) < 4.78 is 4.66. The summed E-state index contributed by atoms with van der Waals surface area (Å²) in [6.45, 7) is 2.12. The Bertz CT molecular complexity index is 382. The Morgan fingerprint density at radius 3 is 2.79 bits per heavy atom. The van der Waals surface area contributed by atoms with E-state index >= 15 is 0 Å². The lowest BCUT2D eigenvalue weighted by Crippen LogP contribution is -2.09. The van der Waals surface area contributed by atoms with Crippen molar-refractivity contribution in [3.63, 3.8) is 0 Å². The summed E-state index contributed by atoms with van der Waals surface area (Å²) >= 11 is 1.39. The maximum absolute atomic E-state index is 11.4. The van der Waals surface area contributed by atoms with Crippen molar-refractivity contribution in [3.05, 3.63) is 10.6 Å². The molecule has 14 heavy (non-hydrogen) atoms. The van der Waals surface area contributed by atoms with E-state index in [1.54, 1.807) is 0 Å². The van der Waals surface area contributed by atoms with Crippen molar-refractivity contribution in [3.8, 4) is 0 Å². The molecule has 0 bridgehead atoms. The molecule has 1 fully saturated rings. The van der Waals surface area contributed by atoms with Crippen LogP contribution in [0.4, 0.5) is 5.13 Å². The molecule has 1 aliphatic carbocycles. The van der Waals surface area contributed by atoms with Gasteiger partial charge < -0.3 is 10.5 Å². The first kappa shape index (κ1) is 9.45. The Kier molecular flexibility index (Phi) is 1.99. The van der Waals surface area contributed by atoms with Crippen molar-refractivity contribution in [2.45, 2.75) is 25.2 Å². The number of nitrogen functional groups attached to an aromatic ring is 1. The van der Waals surface area contributed by atoms with Crippen LogP contribution in [0.5, 0.6) is 0 Å². The molecule has 1 aliphatic rings. The molecule has 0 aliphatic heterocycles. The Morgan fingerprint density at radius 2 is 2.29 bits per heavy atom. The molecule has 1 saturated carbocycles. The topological polar surface area (TPSA) is 65.2 Å². The zero-order chi connectivity index (χ0) is 10.3. The third kappa shape index (κ3) is 1.37. The molecular weight excluding hydrogens is 200 g/mol. The van der Waals surface area contributed by atoms with Gasteiger partial charge in [0.15, 0.2) is 10.8 Å². The highest BCUT2D eigenvalue weighted by Crippen LogP contribution is 2.51. The molecule has 1 aromatic heterocycles. The monoisotopic (exact) mass is 212 g/mol. The zero-order valence-corrected chi connectivity index (χ0v) is 8.98. The minimum atomic E-state index is -0.388. The van der Waals surface area contributed by atoms with E-state index in [0.717, 1.165) is 17.7 Å². The predicted octanol–water partition coefficient (Wildman–Crippen LogP) is 1.56. The molecule has 0 unspecified atom stereocenters. The van der Waals surface area contributed by atoms with Gasteiger partial charge in [0.2, 0.25) is 0 Å². The van der Waals surface area contributed by atoms with Gasteiger partial charge in [0, 0.05) is 10.3 Å². The molecule has 2 rings (SSSR count). The molecular formula is C9H12N2O2S. The fourth-order valence-corrected chi connectivity index (χ4v) is 2.42. The van der Waals surface area contributed by atoms with E-state index in [9.17, 15) is 4.79 Å². The normalized spacial score (nSPS) is 17.9. The largest absolute Gasteiger partial charge is 0.464 e. The molecule has 0 atom stereocenters. The van der Waals surface area contributed by atoms with Crippen LogP contribution in [0, 0.1) is 0 Å². The van der Waals surface area contributed by atoms with Crippen molar-refractivity contribution < 1.29 is 9.53 Å². The molecule has 0 aromatic carbocycles. The highest BCUT2D eigenvalue weighted by molar-refractivity contribution is 7.15. The Labute approximate surface area is 86.1 Å². The summed E-state index contributed by atoms with van der Waals surface area (Å²) in [5.74, 6) is -0.388. The van der Waals surface area contributed by atoms with E-state index in [1.807, 2.05) is 0 Å². The number of hydrogen-bond donors (Lipinski definition) is 1. The lowest BCUT2D eigenvalue weighted by Gasteiger charge is -2.05. The molecule has 0 spiro atoms. The predicted molar refractivity (Wildman–Crippen MR) is 54.5 cm³/mol. The first-order valence-corrected chi connectivity index (χ1v) is 5.23. The number of nitrogens with zero attached hydrogens (tertiary/aromatic N) is 1. The van der Waals surface area contributed by atoms with Crippen LogP contribution in [0.3, 0.4) is 0 Å². The van der Waals surface area contributed by atoms with Crippen molar-refractivity contribution in [1.82, 2.24) is 4.98 Å². The highest BCUT2D eigenvalue weighted by atomic mass is 32.1. The average molecular weight is 212 g/mol. The van der Waals surface area contributed by atoms with Gasteiger partial charge in [0.1, 0.15) is 0 Å². The maximum Gasteiger partial charge on any atom is 0.357 e. The quantitative estimate of drug-likeness (QED) is 0.755. The van der Waals surface area contributed by atoms with Crippen LogP contribution in [0.2, 0.25) is 0 Å². The summed E-state index contributed by atoms with van der Waals surface area (Å²) in [5, 5.41) is 0.438. The van der Waals surface area contributed by atoms with Crippen LogP contribution in [0.1, 0.15) is 35.1 Å². The Morgan fingerprint density at radius 1 is 1.64 bits per heavy atom. The molecule has 5 heteroatoms. The fraction of sp³-hybridized carbons (Fsp3) is 0.556. The number of hydrogen-bond acceptors (Lipinski definition) is 5. The lowest BCUT2D eigenvalue weighted by atomic mass is 10.1. The number of aromatic nitrogens is 1. The van der Waals surface area contributed by atoms with Crippen LogP contribution >= 0.6 is 11.3 Å². The third-order valence-electron chi connectivity index (χ3n) is 2.57. The Hall–Kier alpha value is -1.10. The first-order valence-electron chi connectivity index (χ1n) is 4.42. The minimum absolute atomic E-state index is 0.110. The number of ether oxygens (including phenoxy) is 1. The highest BCUT2D eigenvalue weighted by Gasteiger charge is 2.44. The smallest absolute Gasteiger partial charge is 0.357 e. The summed E-state index contributed by atoms with van der Waals surface area (Å²) in [4.78, 5) is 16.4. The second-order valence-electron chi connectivity index (χ2n) is 3.78. The van der Waals surface area contributed by atoms with E-state index in [4.69, 9.17) is 5.73 Å². The molecule has 4 nitrogen and oxygen atoms in total. The van der Waals surface area contributed by atoms with Gasteiger partial charge in [-0.15, -0.1) is 11.3 Å². The number of carbonyl (C=O) groups excluding carboxylic acids is 1. The van der Waals surface area contributed by atoms with Gasteiger partial charge in [-0.3, -0.25) is 0 Å². The van der Waals surface area contributed by atoms with Crippen molar-refractivity contribution in [2.75, 3.05) is 12.8 Å². The van der Waals surface area contributed by atoms with Gasteiger partial charge in [-0.2, -0.15) is 0 Å². The van der Waals surface area contributed by atoms with E-state index in [2.05, 4.69) is 16.6 Å². The van der Waals surface area contributed by atoms with Crippen LogP contribution in [-0.2, 0) is 10.2 Å². The summed E-state index contributed by atoms with van der Waals surface area (Å²) in [6.07, 6.45) is 2.19. The second kappa shape index (κ2) is 2.95. The van der Waals surface area contributed by atoms with Crippen LogP contribution in [0.25, 0.3) is 0 Å². The van der Waals surface area contributed by atoms with E-state index < -0.39 is 0 Å². The van der Waals surface area contributed by atoms with Gasteiger partial charge in [0.05, 0.1) is 7.11 Å². The molecule has 2 N–H and O–H groups in total. The number of rotatable bonds is 2. The Balaban J connectivity index is 2.43. The maximum atomic E-state index is 11.4. The number of methoxy groups -OCH3 is 1. The van der Waals surface area contributed by atoms with Crippen molar-refractivity contribution in [2.24, 2.45) is 0 Å². The molecule has 1 heterocycles. The SMILES string of the molecule is COC(=O)c1nc(N)sc1C1(C)CC1. The standard InChI is InChI=1S/C9H12N2O2S/c1-9(3-4-9)6-5(7(12)13-2)11-8(10)14-6/h3-4H2,1-2H3,(H2,10,11). The van der Waals surface area contributed by atoms with E-state index in [-0.39, 0.29) is 11.4 Å². The number of nitrogens with two attached hydrogens (primary N) is 1. The summed E-state index contributed by atoms with van der Waals surface area (Å²) in [7, 11) is 1.36. The fourth-order valence-electron chi connectivity index (χ4n) is 1.40. The number of anilines is 1. The number of esters is 1. The van der Waals surface area contributed by atoms with Crippen LogP contribution < -0.4 is 5.73 Å². The number of thiazole rings is 1. The molecule has 76 valence electrons. The van der Waals surface area contributed by atoms with Gasteiger partial charge in [0.25, 0.3) is 0 Å². The van der Waals surface area contributed by atoms with Crippen LogP contribution in [0.15, 0.2) is 0 Å². The minimum Gasteiger partial charge on any atom is -0.464 e. The molecule has 1 aromatic rings. The summed E-state index contributed by atoms with van der Waals surface area (Å²) in [6, 6.07) is 0. The second-order valence-corrected chi connectivity index (χ2v) is 4.81. The zero-order valence-electron chi connectivity index (χ0n) is 8.16. The number of carbonyl (C=O) groups is 1. The molecule has 0 radical (unpaired) electrons. The van der Waals surface area contributed by atoms with Gasteiger partial charge in [-0.25, -0.2) is 9.78 Å². The third-order valence-corrected chi connectivity index (χ3v) is 3.76. The van der Waals surface area contributed by atoms with Crippen LogP contribution in [-0.4, -0.2) is 18.1 Å². The van der Waals surface area contributed by atoms with Crippen molar-refractivity contribution >= 4 is 22.4 Å². The molecule has 0 saturated heterocycles.